The van der Waals surface area contributed by atoms with Gasteiger partial charge in [-0.2, -0.15) is 0 Å². The van der Waals surface area contributed by atoms with Gasteiger partial charge < -0.3 is 0 Å². The first kappa shape index (κ1) is 13.3. The van der Waals surface area contributed by atoms with Gasteiger partial charge in [0.2, 0.25) is 5.28 Å². The molecular weight excluding hydrogens is 288 g/mol. The highest BCUT2D eigenvalue weighted by Crippen LogP contribution is 2.37. The molecule has 100 valence electrons. The third-order valence-corrected chi connectivity index (χ3v) is 4.39. The summed E-state index contributed by atoms with van der Waals surface area (Å²) in [5.41, 5.74) is 4.04. The Balaban J connectivity index is 2.37. The Labute approximate surface area is 126 Å². The van der Waals surface area contributed by atoms with Gasteiger partial charge in [-0.15, -0.1) is 11.3 Å². The van der Waals surface area contributed by atoms with Gasteiger partial charge >= 0.3 is 0 Å². The largest absolute Gasteiger partial charge is 0.223 e. The molecule has 2 aromatic heterocycles. The van der Waals surface area contributed by atoms with Gasteiger partial charge in [-0.25, -0.2) is 9.97 Å². The van der Waals surface area contributed by atoms with Crippen molar-refractivity contribution in [3.8, 4) is 11.3 Å². The van der Waals surface area contributed by atoms with E-state index in [-0.39, 0.29) is 0 Å². The van der Waals surface area contributed by atoms with Crippen molar-refractivity contribution in [2.75, 3.05) is 0 Å². The lowest BCUT2D eigenvalue weighted by molar-refractivity contribution is 1.23. The molecule has 0 amide bonds. The van der Waals surface area contributed by atoms with E-state index in [1.165, 1.54) is 4.88 Å². The molecule has 3 rings (SSSR count). The maximum absolute atomic E-state index is 6.11. The average molecular weight is 301 g/mol. The summed E-state index contributed by atoms with van der Waals surface area (Å²) in [5.74, 6) is 0. The third-order valence-electron chi connectivity index (χ3n) is 3.11. The first-order valence-corrected chi connectivity index (χ1v) is 7.55. The monoisotopic (exact) mass is 300 g/mol. The molecule has 0 aliphatic carbocycles. The zero-order valence-electron chi connectivity index (χ0n) is 11.2. The van der Waals surface area contributed by atoms with Crippen LogP contribution in [0.25, 0.3) is 27.6 Å². The molecule has 0 atom stereocenters. The summed E-state index contributed by atoms with van der Waals surface area (Å²) in [6, 6.07) is 10.1. The Hall–Kier alpha value is -1.71. The summed E-state index contributed by atoms with van der Waals surface area (Å²) < 4.78 is 1.09. The molecule has 0 radical (unpaired) electrons. The summed E-state index contributed by atoms with van der Waals surface area (Å²) in [6.07, 6.45) is 4.10. The molecule has 0 aliphatic heterocycles. The number of thiophene rings is 1. The van der Waals surface area contributed by atoms with Gasteiger partial charge in [-0.3, -0.25) is 0 Å². The van der Waals surface area contributed by atoms with Crippen molar-refractivity contribution in [3.05, 3.63) is 52.1 Å². The Kier molecular flexibility index (Phi) is 3.55. The van der Waals surface area contributed by atoms with E-state index in [0.29, 0.717) is 5.28 Å². The zero-order chi connectivity index (χ0) is 14.1. The smallest absolute Gasteiger partial charge is 0.216 e. The highest BCUT2D eigenvalue weighted by atomic mass is 35.5. The van der Waals surface area contributed by atoms with Gasteiger partial charge in [0.25, 0.3) is 0 Å². The fourth-order valence-electron chi connectivity index (χ4n) is 2.23. The maximum atomic E-state index is 6.11. The first-order valence-electron chi connectivity index (χ1n) is 6.35. The molecule has 0 N–H and O–H groups in total. The minimum atomic E-state index is 0.292. The molecule has 0 saturated carbocycles. The van der Waals surface area contributed by atoms with Gasteiger partial charge in [0, 0.05) is 16.0 Å². The van der Waals surface area contributed by atoms with Crippen molar-refractivity contribution in [2.24, 2.45) is 0 Å². The third kappa shape index (κ3) is 2.23. The number of halogens is 1. The van der Waals surface area contributed by atoms with Crippen molar-refractivity contribution in [2.45, 2.75) is 13.8 Å². The lowest BCUT2D eigenvalue weighted by atomic mass is 10.1. The number of rotatable bonds is 2. The van der Waals surface area contributed by atoms with Gasteiger partial charge in [0.15, 0.2) is 0 Å². The molecular formula is C16H13ClN2S. The number of hydrogen-bond donors (Lipinski definition) is 0. The molecule has 2 heterocycles. The first-order chi connectivity index (χ1) is 9.70. The fraction of sp³-hybridized carbons (Fsp3) is 0.125. The van der Waals surface area contributed by atoms with Gasteiger partial charge in [-0.05, 0) is 25.4 Å². The van der Waals surface area contributed by atoms with E-state index in [4.69, 9.17) is 11.6 Å². The van der Waals surface area contributed by atoms with Crippen LogP contribution < -0.4 is 0 Å². The second-order valence-electron chi connectivity index (χ2n) is 4.46. The number of benzene rings is 1. The summed E-state index contributed by atoms with van der Waals surface area (Å²) in [7, 11) is 0. The highest BCUT2D eigenvalue weighted by molar-refractivity contribution is 7.19. The second kappa shape index (κ2) is 5.35. The Bertz CT molecular complexity index is 791. The molecule has 20 heavy (non-hydrogen) atoms. The SMILES string of the molecule is C/C=C\c1c(C)sc2c(-c3ccccc3)nc(Cl)nc12. The Morgan fingerprint density at radius 2 is 1.90 bits per heavy atom. The van der Waals surface area contributed by atoms with Crippen molar-refractivity contribution < 1.29 is 0 Å². The van der Waals surface area contributed by atoms with Gasteiger partial charge in [-0.1, -0.05) is 42.5 Å². The molecule has 2 nitrogen and oxygen atoms in total. The number of fused-ring (bicyclic) bond motifs is 1. The lowest BCUT2D eigenvalue weighted by Crippen LogP contribution is -1.89. The molecule has 0 bridgehead atoms. The van der Waals surface area contributed by atoms with Crippen LogP contribution in [0.2, 0.25) is 5.28 Å². The van der Waals surface area contributed by atoms with E-state index in [2.05, 4.69) is 23.0 Å². The van der Waals surface area contributed by atoms with Crippen LogP contribution in [0.4, 0.5) is 0 Å². The van der Waals surface area contributed by atoms with Crippen LogP contribution in [0.15, 0.2) is 36.4 Å². The fourth-order valence-corrected chi connectivity index (χ4v) is 3.49. The second-order valence-corrected chi connectivity index (χ2v) is 6.02. The van der Waals surface area contributed by atoms with E-state index in [1.807, 2.05) is 43.3 Å². The van der Waals surface area contributed by atoms with E-state index < -0.39 is 0 Å². The standard InChI is InChI=1S/C16H13ClN2S/c1-3-7-12-10(2)20-15-13(11-8-5-4-6-9-11)18-16(17)19-14(12)15/h3-9H,1-2H3/b7-3-. The van der Waals surface area contributed by atoms with Crippen LogP contribution in [0, 0.1) is 6.92 Å². The summed E-state index contributed by atoms with van der Waals surface area (Å²) in [4.78, 5) is 10.1. The molecule has 0 unspecified atom stereocenters. The quantitative estimate of drug-likeness (QED) is 0.596. The molecule has 1 aromatic carbocycles. The van der Waals surface area contributed by atoms with Gasteiger partial charge in [0.05, 0.1) is 15.9 Å². The van der Waals surface area contributed by atoms with Crippen LogP contribution in [0.3, 0.4) is 0 Å². The molecule has 0 spiro atoms. The molecule has 0 fully saturated rings. The number of aryl methyl sites for hydroxylation is 1. The van der Waals surface area contributed by atoms with E-state index in [9.17, 15) is 0 Å². The normalized spacial score (nSPS) is 11.6. The minimum Gasteiger partial charge on any atom is -0.216 e. The van der Waals surface area contributed by atoms with Crippen LogP contribution in [0.1, 0.15) is 17.4 Å². The molecule has 0 aliphatic rings. The Morgan fingerprint density at radius 1 is 1.15 bits per heavy atom. The molecule has 4 heteroatoms. The van der Waals surface area contributed by atoms with E-state index in [1.54, 1.807) is 11.3 Å². The number of aromatic nitrogens is 2. The van der Waals surface area contributed by atoms with Crippen molar-refractivity contribution in [1.29, 1.82) is 0 Å². The average Bonchev–Trinajstić information content (AvgIpc) is 2.76. The summed E-state index contributed by atoms with van der Waals surface area (Å²) in [5, 5.41) is 0.292. The Morgan fingerprint density at radius 3 is 2.60 bits per heavy atom. The van der Waals surface area contributed by atoms with Gasteiger partial charge in [0.1, 0.15) is 0 Å². The predicted molar refractivity (Wildman–Crippen MR) is 87.3 cm³/mol. The number of nitrogens with zero attached hydrogens (tertiary/aromatic N) is 2. The van der Waals surface area contributed by atoms with Crippen LogP contribution in [-0.2, 0) is 0 Å². The molecule has 3 aromatic rings. The summed E-state index contributed by atoms with van der Waals surface area (Å²) >= 11 is 7.83. The van der Waals surface area contributed by atoms with E-state index >= 15 is 0 Å². The highest BCUT2D eigenvalue weighted by Gasteiger charge is 2.15. The molecule has 0 saturated heterocycles. The topological polar surface area (TPSA) is 25.8 Å². The number of allylic oxidation sites excluding steroid dienone is 1. The number of hydrogen-bond acceptors (Lipinski definition) is 3. The maximum Gasteiger partial charge on any atom is 0.223 e. The lowest BCUT2D eigenvalue weighted by Gasteiger charge is -2.03. The van der Waals surface area contributed by atoms with Crippen molar-refractivity contribution >= 4 is 39.2 Å². The van der Waals surface area contributed by atoms with Crippen molar-refractivity contribution in [1.82, 2.24) is 9.97 Å². The van der Waals surface area contributed by atoms with Crippen molar-refractivity contribution in [3.63, 3.8) is 0 Å². The van der Waals surface area contributed by atoms with Crippen LogP contribution in [-0.4, -0.2) is 9.97 Å². The van der Waals surface area contributed by atoms with Crippen LogP contribution >= 0.6 is 22.9 Å². The summed E-state index contributed by atoms with van der Waals surface area (Å²) in [6.45, 7) is 4.11. The minimum absolute atomic E-state index is 0.292. The van der Waals surface area contributed by atoms with Crippen LogP contribution in [0.5, 0.6) is 0 Å². The zero-order valence-corrected chi connectivity index (χ0v) is 12.8. The predicted octanol–water partition coefficient (Wildman–Crippen LogP) is 5.35. The van der Waals surface area contributed by atoms with E-state index in [0.717, 1.165) is 27.0 Å².